The van der Waals surface area contributed by atoms with Crippen LogP contribution in [0.5, 0.6) is 0 Å². The van der Waals surface area contributed by atoms with Crippen molar-refractivity contribution in [2.75, 3.05) is 0 Å². The van der Waals surface area contributed by atoms with Gasteiger partial charge in [0.05, 0.1) is 10.7 Å². The topological polar surface area (TPSA) is 48.5 Å². The summed E-state index contributed by atoms with van der Waals surface area (Å²) >= 11 is 5.84. The third-order valence-electron chi connectivity index (χ3n) is 2.37. The molecule has 0 amide bonds. The van der Waals surface area contributed by atoms with Gasteiger partial charge in [0, 0.05) is 6.20 Å². The zero-order valence-corrected chi connectivity index (χ0v) is 11.0. The van der Waals surface area contributed by atoms with Crippen molar-refractivity contribution < 1.29 is 13.2 Å². The number of halogens is 4. The summed E-state index contributed by atoms with van der Waals surface area (Å²) in [5.41, 5.74) is 0.611. The van der Waals surface area contributed by atoms with Crippen molar-refractivity contribution in [3.8, 4) is 0 Å². The highest BCUT2D eigenvalue weighted by molar-refractivity contribution is 6.31. The summed E-state index contributed by atoms with van der Waals surface area (Å²) in [6.45, 7) is 2.17. The number of alkyl halides is 3. The summed E-state index contributed by atoms with van der Waals surface area (Å²) in [6.07, 6.45) is -2.80. The van der Waals surface area contributed by atoms with Crippen LogP contribution in [0, 0.1) is 13.8 Å². The van der Waals surface area contributed by atoms with E-state index in [1.165, 1.54) is 11.6 Å². The van der Waals surface area contributed by atoms with Crippen LogP contribution < -0.4 is 0 Å². The average molecular weight is 294 g/mol. The van der Waals surface area contributed by atoms with Crippen molar-refractivity contribution in [1.82, 2.24) is 24.5 Å². The fraction of sp³-hybridized carbons (Fsp3) is 0.500. The Balaban J connectivity index is 2.24. The maximum Gasteiger partial charge on any atom is 0.408 e. The first kappa shape index (κ1) is 13.9. The van der Waals surface area contributed by atoms with E-state index < -0.39 is 12.7 Å². The number of aryl methyl sites for hydroxylation is 2. The molecule has 0 spiro atoms. The van der Waals surface area contributed by atoms with E-state index in [4.69, 9.17) is 11.6 Å². The van der Waals surface area contributed by atoms with E-state index in [2.05, 4.69) is 15.2 Å². The van der Waals surface area contributed by atoms with Gasteiger partial charge in [-0.25, -0.2) is 9.67 Å². The summed E-state index contributed by atoms with van der Waals surface area (Å²) in [5, 5.41) is 8.26. The van der Waals surface area contributed by atoms with Crippen LogP contribution in [0.3, 0.4) is 0 Å². The second kappa shape index (κ2) is 4.84. The normalized spacial score (nSPS) is 12.1. The van der Waals surface area contributed by atoms with Gasteiger partial charge in [-0.15, -0.1) is 0 Å². The molecule has 0 aliphatic heterocycles. The lowest BCUT2D eigenvalue weighted by molar-refractivity contribution is -0.143. The molecule has 0 fully saturated rings. The van der Waals surface area contributed by atoms with E-state index in [0.29, 0.717) is 10.7 Å². The zero-order chi connectivity index (χ0) is 14.2. The van der Waals surface area contributed by atoms with Crippen molar-refractivity contribution in [2.45, 2.75) is 33.1 Å². The molecule has 0 aromatic carbocycles. The third kappa shape index (κ3) is 3.46. The zero-order valence-electron chi connectivity index (χ0n) is 10.2. The SMILES string of the molecule is Cc1nc(Cn2cc(Cl)c(C)n2)n(CC(F)(F)F)n1. The van der Waals surface area contributed by atoms with Gasteiger partial charge in [0.2, 0.25) is 0 Å². The fourth-order valence-electron chi connectivity index (χ4n) is 1.63. The minimum absolute atomic E-state index is 0.0878. The monoisotopic (exact) mass is 293 g/mol. The second-order valence-corrected chi connectivity index (χ2v) is 4.52. The average Bonchev–Trinajstić information content (AvgIpc) is 2.70. The molecular formula is C10H11ClF3N5. The van der Waals surface area contributed by atoms with Gasteiger partial charge >= 0.3 is 6.18 Å². The van der Waals surface area contributed by atoms with Crippen LogP contribution in [0.2, 0.25) is 5.02 Å². The smallest absolute Gasteiger partial charge is 0.263 e. The lowest BCUT2D eigenvalue weighted by Crippen LogP contribution is -2.21. The van der Waals surface area contributed by atoms with Crippen molar-refractivity contribution in [3.05, 3.63) is 28.6 Å². The van der Waals surface area contributed by atoms with Gasteiger partial charge in [0.25, 0.3) is 0 Å². The van der Waals surface area contributed by atoms with E-state index in [1.54, 1.807) is 13.1 Å². The van der Waals surface area contributed by atoms with Gasteiger partial charge in [0.1, 0.15) is 24.7 Å². The fourth-order valence-corrected chi connectivity index (χ4v) is 1.78. The van der Waals surface area contributed by atoms with Crippen molar-refractivity contribution >= 4 is 11.6 Å². The Bertz CT molecular complexity index is 567. The molecule has 2 aromatic heterocycles. The molecular weight excluding hydrogens is 283 g/mol. The largest absolute Gasteiger partial charge is 0.408 e. The Hall–Kier alpha value is -1.57. The molecule has 2 heterocycles. The van der Waals surface area contributed by atoms with Crippen LogP contribution in [0.25, 0.3) is 0 Å². The molecule has 0 radical (unpaired) electrons. The van der Waals surface area contributed by atoms with Crippen molar-refractivity contribution in [1.29, 1.82) is 0 Å². The maximum absolute atomic E-state index is 12.4. The van der Waals surface area contributed by atoms with Gasteiger partial charge in [-0.3, -0.25) is 4.68 Å². The number of hydrogen-bond donors (Lipinski definition) is 0. The molecule has 19 heavy (non-hydrogen) atoms. The summed E-state index contributed by atoms with van der Waals surface area (Å²) in [7, 11) is 0. The van der Waals surface area contributed by atoms with Gasteiger partial charge in [-0.05, 0) is 13.8 Å². The number of hydrogen-bond acceptors (Lipinski definition) is 3. The Morgan fingerprint density at radius 1 is 1.26 bits per heavy atom. The predicted molar refractivity (Wildman–Crippen MR) is 61.9 cm³/mol. The quantitative estimate of drug-likeness (QED) is 0.873. The molecule has 104 valence electrons. The number of nitrogens with zero attached hydrogens (tertiary/aromatic N) is 5. The Morgan fingerprint density at radius 3 is 2.47 bits per heavy atom. The van der Waals surface area contributed by atoms with Gasteiger partial charge in [0.15, 0.2) is 0 Å². The lowest BCUT2D eigenvalue weighted by Gasteiger charge is -2.08. The van der Waals surface area contributed by atoms with Crippen LogP contribution in [-0.4, -0.2) is 30.7 Å². The first-order valence-electron chi connectivity index (χ1n) is 5.41. The van der Waals surface area contributed by atoms with Crippen LogP contribution >= 0.6 is 11.6 Å². The summed E-state index contributed by atoms with van der Waals surface area (Å²) in [4.78, 5) is 3.98. The predicted octanol–water partition coefficient (Wildman–Crippen LogP) is 2.36. The third-order valence-corrected chi connectivity index (χ3v) is 2.74. The molecule has 0 aliphatic carbocycles. The van der Waals surface area contributed by atoms with Crippen LogP contribution in [0.1, 0.15) is 17.3 Å². The highest BCUT2D eigenvalue weighted by Gasteiger charge is 2.30. The molecule has 0 atom stereocenters. The highest BCUT2D eigenvalue weighted by atomic mass is 35.5. The van der Waals surface area contributed by atoms with Crippen molar-refractivity contribution in [3.63, 3.8) is 0 Å². The van der Waals surface area contributed by atoms with Crippen LogP contribution in [0.15, 0.2) is 6.20 Å². The minimum Gasteiger partial charge on any atom is -0.263 e. The van der Waals surface area contributed by atoms with Crippen molar-refractivity contribution in [2.24, 2.45) is 0 Å². The molecule has 0 N–H and O–H groups in total. The van der Waals surface area contributed by atoms with E-state index in [-0.39, 0.29) is 18.2 Å². The Labute approximate surface area is 112 Å². The van der Waals surface area contributed by atoms with E-state index >= 15 is 0 Å². The number of aromatic nitrogens is 5. The Morgan fingerprint density at radius 2 is 1.95 bits per heavy atom. The van der Waals surface area contributed by atoms with Gasteiger partial charge in [-0.2, -0.15) is 23.4 Å². The first-order valence-corrected chi connectivity index (χ1v) is 5.79. The second-order valence-electron chi connectivity index (χ2n) is 4.11. The van der Waals surface area contributed by atoms with Crippen LogP contribution in [-0.2, 0) is 13.1 Å². The summed E-state index contributed by atoms with van der Waals surface area (Å²) in [6, 6.07) is 0. The van der Waals surface area contributed by atoms with E-state index in [1.807, 2.05) is 0 Å². The number of rotatable bonds is 3. The van der Waals surface area contributed by atoms with E-state index in [0.717, 1.165) is 4.68 Å². The summed E-state index contributed by atoms with van der Waals surface area (Å²) < 4.78 is 39.5. The Kier molecular flexibility index (Phi) is 3.53. The molecule has 5 nitrogen and oxygen atoms in total. The molecule has 0 unspecified atom stereocenters. The summed E-state index contributed by atoms with van der Waals surface area (Å²) in [5.74, 6) is 0.475. The lowest BCUT2D eigenvalue weighted by atomic mass is 10.5. The van der Waals surface area contributed by atoms with Crippen LogP contribution in [0.4, 0.5) is 13.2 Å². The molecule has 2 rings (SSSR count). The molecule has 2 aromatic rings. The highest BCUT2D eigenvalue weighted by Crippen LogP contribution is 2.18. The van der Waals surface area contributed by atoms with E-state index in [9.17, 15) is 13.2 Å². The first-order chi connectivity index (χ1) is 8.74. The molecule has 0 bridgehead atoms. The van der Waals surface area contributed by atoms with Gasteiger partial charge < -0.3 is 0 Å². The standard InChI is InChI=1S/C10H11ClF3N5/c1-6-8(11)3-18(16-6)4-9-15-7(2)17-19(9)5-10(12,13)14/h3H,4-5H2,1-2H3. The van der Waals surface area contributed by atoms with Gasteiger partial charge in [-0.1, -0.05) is 11.6 Å². The molecule has 9 heteroatoms. The maximum atomic E-state index is 12.4. The minimum atomic E-state index is -4.34. The molecule has 0 saturated carbocycles. The molecule has 0 aliphatic rings. The molecule has 0 saturated heterocycles.